The molecule has 1 aromatic rings. The lowest BCUT2D eigenvalue weighted by atomic mass is 10.2. The summed E-state index contributed by atoms with van der Waals surface area (Å²) in [6, 6.07) is 0.509. The molecule has 0 spiro atoms. The van der Waals surface area contributed by atoms with Gasteiger partial charge in [0.1, 0.15) is 0 Å². The monoisotopic (exact) mass is 480 g/mol. The van der Waals surface area contributed by atoms with Crippen molar-refractivity contribution < 1.29 is 0 Å². The Labute approximate surface area is 173 Å². The van der Waals surface area contributed by atoms with Crippen molar-refractivity contribution in [3.8, 4) is 0 Å². The molecule has 0 saturated carbocycles. The smallest absolute Gasteiger partial charge is 0.191 e. The van der Waals surface area contributed by atoms with Crippen LogP contribution in [0.1, 0.15) is 29.4 Å². The minimum absolute atomic E-state index is 0. The zero-order chi connectivity index (χ0) is 17.5. The number of thiazole rings is 1. The molecule has 2 rings (SSSR count). The second-order valence-corrected chi connectivity index (χ2v) is 7.66. The van der Waals surface area contributed by atoms with Crippen LogP contribution in [0.25, 0.3) is 0 Å². The highest BCUT2D eigenvalue weighted by Gasteiger charge is 2.20. The molecule has 0 amide bonds. The van der Waals surface area contributed by atoms with Gasteiger partial charge in [-0.3, -0.25) is 9.89 Å². The number of rotatable bonds is 6. The van der Waals surface area contributed by atoms with Crippen molar-refractivity contribution in [3.05, 3.63) is 15.6 Å². The molecule has 1 aliphatic heterocycles. The highest BCUT2D eigenvalue weighted by molar-refractivity contribution is 14.0. The lowest BCUT2D eigenvalue weighted by Gasteiger charge is -2.37. The Morgan fingerprint density at radius 2 is 1.92 bits per heavy atom. The van der Waals surface area contributed by atoms with Gasteiger partial charge in [0, 0.05) is 50.7 Å². The largest absolute Gasteiger partial charge is 0.355 e. The van der Waals surface area contributed by atoms with Crippen LogP contribution < -0.4 is 10.6 Å². The van der Waals surface area contributed by atoms with Crippen LogP contribution in [0.5, 0.6) is 0 Å². The van der Waals surface area contributed by atoms with Gasteiger partial charge in [-0.2, -0.15) is 0 Å². The van der Waals surface area contributed by atoms with Crippen LogP contribution in [0.4, 0.5) is 0 Å². The van der Waals surface area contributed by atoms with E-state index in [1.165, 1.54) is 18.0 Å². The zero-order valence-electron chi connectivity index (χ0n) is 16.1. The molecule has 2 N–H and O–H groups in total. The summed E-state index contributed by atoms with van der Waals surface area (Å²) < 4.78 is 0. The van der Waals surface area contributed by atoms with Crippen molar-refractivity contribution >= 4 is 41.3 Å². The molecule has 144 valence electrons. The summed E-state index contributed by atoms with van der Waals surface area (Å²) in [6.07, 6.45) is 0. The summed E-state index contributed by atoms with van der Waals surface area (Å²) in [5, 5.41) is 7.97. The highest BCUT2D eigenvalue weighted by Crippen LogP contribution is 2.16. The Hall–Kier alpha value is -0.450. The standard InChI is InChI=1S/C17H32N6S.HI/c1-6-22-7-9-23(10-8-22)13(2)11-19-17(18-5)20-12-16-14(3)21-15(4)24-16;/h13H,6-12H2,1-5H3,(H2,18,19,20);1H. The minimum atomic E-state index is 0. The zero-order valence-corrected chi connectivity index (χ0v) is 19.3. The second-order valence-electron chi connectivity index (χ2n) is 6.37. The van der Waals surface area contributed by atoms with E-state index < -0.39 is 0 Å². The Morgan fingerprint density at radius 1 is 1.24 bits per heavy atom. The summed E-state index contributed by atoms with van der Waals surface area (Å²) in [5.74, 6) is 0.861. The maximum atomic E-state index is 4.47. The number of likely N-dealkylation sites (N-methyl/N-ethyl adjacent to an activating group) is 1. The molecule has 0 bridgehead atoms. The molecule has 1 saturated heterocycles. The SMILES string of the molecule is CCN1CCN(C(C)CNC(=NC)NCc2sc(C)nc2C)CC1.I. The third kappa shape index (κ3) is 6.99. The number of hydrogen-bond acceptors (Lipinski definition) is 5. The van der Waals surface area contributed by atoms with E-state index in [-0.39, 0.29) is 24.0 Å². The Kier molecular flexibility index (Phi) is 10.2. The summed E-state index contributed by atoms with van der Waals surface area (Å²) in [4.78, 5) is 15.2. The molecule has 8 heteroatoms. The molecule has 1 atom stereocenters. The number of hydrogen-bond donors (Lipinski definition) is 2. The predicted octanol–water partition coefficient (Wildman–Crippen LogP) is 2.07. The fourth-order valence-electron chi connectivity index (χ4n) is 3.02. The normalized spacial score (nSPS) is 17.9. The molecule has 1 fully saturated rings. The molecule has 0 aliphatic carbocycles. The molecular formula is C17H33IN6S. The van der Waals surface area contributed by atoms with Crippen molar-refractivity contribution in [1.29, 1.82) is 0 Å². The number of aliphatic imine (C=N–C) groups is 1. The quantitative estimate of drug-likeness (QED) is 0.371. The van der Waals surface area contributed by atoms with Crippen LogP contribution >= 0.6 is 35.3 Å². The van der Waals surface area contributed by atoms with Crippen LogP contribution in [0.2, 0.25) is 0 Å². The topological polar surface area (TPSA) is 55.8 Å². The lowest BCUT2D eigenvalue weighted by molar-refractivity contribution is 0.107. The molecule has 25 heavy (non-hydrogen) atoms. The number of aryl methyl sites for hydroxylation is 2. The first-order valence-corrected chi connectivity index (χ1v) is 9.69. The highest BCUT2D eigenvalue weighted by atomic mass is 127. The first kappa shape index (κ1) is 22.6. The molecule has 2 heterocycles. The van der Waals surface area contributed by atoms with Crippen molar-refractivity contribution in [2.75, 3.05) is 46.3 Å². The van der Waals surface area contributed by atoms with Gasteiger partial charge in [0.05, 0.1) is 17.2 Å². The average Bonchev–Trinajstić information content (AvgIpc) is 2.92. The maximum absolute atomic E-state index is 4.47. The number of nitrogens with zero attached hydrogens (tertiary/aromatic N) is 4. The van der Waals surface area contributed by atoms with Gasteiger partial charge >= 0.3 is 0 Å². The number of nitrogens with one attached hydrogen (secondary N) is 2. The van der Waals surface area contributed by atoms with Gasteiger partial charge in [0.2, 0.25) is 0 Å². The third-order valence-corrected chi connectivity index (χ3v) is 5.75. The van der Waals surface area contributed by atoms with E-state index in [0.717, 1.165) is 49.4 Å². The van der Waals surface area contributed by atoms with Crippen LogP contribution in [0.15, 0.2) is 4.99 Å². The minimum Gasteiger partial charge on any atom is -0.355 e. The molecule has 1 aromatic heterocycles. The number of piperazine rings is 1. The Balaban J connectivity index is 0.00000312. The van der Waals surface area contributed by atoms with Gasteiger partial charge < -0.3 is 15.5 Å². The fraction of sp³-hybridized carbons (Fsp3) is 0.765. The van der Waals surface area contributed by atoms with E-state index in [0.29, 0.717) is 6.04 Å². The van der Waals surface area contributed by atoms with Crippen molar-refractivity contribution in [3.63, 3.8) is 0 Å². The molecule has 1 unspecified atom stereocenters. The molecule has 0 radical (unpaired) electrons. The van der Waals surface area contributed by atoms with Gasteiger partial charge in [0.15, 0.2) is 5.96 Å². The molecular weight excluding hydrogens is 447 g/mol. The Morgan fingerprint density at radius 3 is 2.44 bits per heavy atom. The predicted molar refractivity (Wildman–Crippen MR) is 118 cm³/mol. The van der Waals surface area contributed by atoms with Gasteiger partial charge in [-0.1, -0.05) is 6.92 Å². The molecule has 0 aromatic carbocycles. The van der Waals surface area contributed by atoms with E-state index in [4.69, 9.17) is 0 Å². The van der Waals surface area contributed by atoms with E-state index in [1.54, 1.807) is 11.3 Å². The maximum Gasteiger partial charge on any atom is 0.191 e. The number of guanidine groups is 1. The van der Waals surface area contributed by atoms with Gasteiger partial charge in [-0.15, -0.1) is 35.3 Å². The van der Waals surface area contributed by atoms with Crippen molar-refractivity contribution in [2.45, 2.75) is 40.3 Å². The van der Waals surface area contributed by atoms with Crippen LogP contribution in [-0.2, 0) is 6.54 Å². The molecule has 1 aliphatic rings. The van der Waals surface area contributed by atoms with E-state index in [9.17, 15) is 0 Å². The molecule has 6 nitrogen and oxygen atoms in total. The summed E-state index contributed by atoms with van der Waals surface area (Å²) in [7, 11) is 1.82. The Bertz CT molecular complexity index is 539. The van der Waals surface area contributed by atoms with E-state index in [2.05, 4.69) is 51.2 Å². The summed E-state index contributed by atoms with van der Waals surface area (Å²) in [5.41, 5.74) is 1.11. The summed E-state index contributed by atoms with van der Waals surface area (Å²) in [6.45, 7) is 16.2. The average molecular weight is 480 g/mol. The summed E-state index contributed by atoms with van der Waals surface area (Å²) >= 11 is 1.75. The van der Waals surface area contributed by atoms with Crippen LogP contribution in [-0.4, -0.2) is 73.1 Å². The van der Waals surface area contributed by atoms with Gasteiger partial charge in [0.25, 0.3) is 0 Å². The van der Waals surface area contributed by atoms with Gasteiger partial charge in [-0.25, -0.2) is 4.98 Å². The van der Waals surface area contributed by atoms with Crippen molar-refractivity contribution in [1.82, 2.24) is 25.4 Å². The number of halogens is 1. The fourth-order valence-corrected chi connectivity index (χ4v) is 3.89. The van der Waals surface area contributed by atoms with E-state index >= 15 is 0 Å². The number of aromatic nitrogens is 1. The first-order valence-electron chi connectivity index (χ1n) is 8.87. The van der Waals surface area contributed by atoms with Crippen molar-refractivity contribution in [2.24, 2.45) is 4.99 Å². The van der Waals surface area contributed by atoms with Crippen LogP contribution in [0.3, 0.4) is 0 Å². The first-order chi connectivity index (χ1) is 11.5. The second kappa shape index (κ2) is 11.3. The van der Waals surface area contributed by atoms with Gasteiger partial charge in [-0.05, 0) is 27.3 Å². The lowest BCUT2D eigenvalue weighted by Crippen LogP contribution is -2.53. The van der Waals surface area contributed by atoms with Crippen LogP contribution in [0, 0.1) is 13.8 Å². The van der Waals surface area contributed by atoms with E-state index in [1.807, 2.05) is 14.0 Å². The third-order valence-electron chi connectivity index (χ3n) is 4.68.